The highest BCUT2D eigenvalue weighted by Crippen LogP contribution is 2.24. The van der Waals surface area contributed by atoms with E-state index in [4.69, 9.17) is 5.11 Å². The Morgan fingerprint density at radius 3 is 2.53 bits per heavy atom. The zero-order valence-electron chi connectivity index (χ0n) is 9.38. The average Bonchev–Trinajstić information content (AvgIpc) is 2.23. The van der Waals surface area contributed by atoms with Crippen LogP contribution in [0.1, 0.15) is 30.0 Å². The van der Waals surface area contributed by atoms with Gasteiger partial charge in [0.2, 0.25) is 0 Å². The minimum absolute atomic E-state index is 0.117. The van der Waals surface area contributed by atoms with Gasteiger partial charge in [0, 0.05) is 17.7 Å². The molecule has 0 saturated carbocycles. The summed E-state index contributed by atoms with van der Waals surface area (Å²) in [5.74, 6) is 0.215. The van der Waals surface area contributed by atoms with E-state index in [9.17, 15) is 5.11 Å². The smallest absolute Gasteiger partial charge is 0.125 e. The summed E-state index contributed by atoms with van der Waals surface area (Å²) in [5.41, 5.74) is 2.51. The molecule has 84 valence electrons. The standard InChI is InChI=1S/C12H19NO2/c1-3-4-13-7-10-5-9(2)6-11(8-14)12(10)15/h5-6,13-15H,3-4,7-8H2,1-2H3. The monoisotopic (exact) mass is 209 g/mol. The lowest BCUT2D eigenvalue weighted by molar-refractivity contribution is 0.275. The maximum atomic E-state index is 9.81. The van der Waals surface area contributed by atoms with Crippen LogP contribution >= 0.6 is 0 Å². The van der Waals surface area contributed by atoms with Crippen molar-refractivity contribution < 1.29 is 10.2 Å². The second-order valence-electron chi connectivity index (χ2n) is 3.77. The minimum atomic E-state index is -0.117. The van der Waals surface area contributed by atoms with Gasteiger partial charge in [-0.05, 0) is 19.9 Å². The van der Waals surface area contributed by atoms with Crippen LogP contribution in [0.15, 0.2) is 12.1 Å². The van der Waals surface area contributed by atoms with Crippen molar-refractivity contribution in [1.29, 1.82) is 0 Å². The number of aliphatic hydroxyl groups is 1. The Kier molecular flexibility index (Phi) is 4.59. The molecule has 0 heterocycles. The molecule has 0 saturated heterocycles. The molecule has 0 aromatic heterocycles. The van der Waals surface area contributed by atoms with E-state index in [2.05, 4.69) is 12.2 Å². The van der Waals surface area contributed by atoms with Crippen molar-refractivity contribution in [2.75, 3.05) is 6.54 Å². The maximum Gasteiger partial charge on any atom is 0.125 e. The molecule has 15 heavy (non-hydrogen) atoms. The third kappa shape index (κ3) is 3.22. The largest absolute Gasteiger partial charge is 0.507 e. The van der Waals surface area contributed by atoms with E-state index in [0.717, 1.165) is 24.1 Å². The maximum absolute atomic E-state index is 9.81. The first-order valence-corrected chi connectivity index (χ1v) is 5.32. The van der Waals surface area contributed by atoms with Gasteiger partial charge < -0.3 is 15.5 Å². The Morgan fingerprint density at radius 2 is 1.93 bits per heavy atom. The van der Waals surface area contributed by atoms with E-state index >= 15 is 0 Å². The van der Waals surface area contributed by atoms with Crippen molar-refractivity contribution in [2.24, 2.45) is 0 Å². The predicted molar refractivity (Wildman–Crippen MR) is 60.8 cm³/mol. The number of aliphatic hydroxyl groups excluding tert-OH is 1. The van der Waals surface area contributed by atoms with Crippen molar-refractivity contribution >= 4 is 0 Å². The molecule has 3 N–H and O–H groups in total. The molecule has 0 bridgehead atoms. The van der Waals surface area contributed by atoms with Crippen molar-refractivity contribution in [3.63, 3.8) is 0 Å². The molecule has 0 aliphatic heterocycles. The summed E-state index contributed by atoms with van der Waals surface area (Å²) in [6, 6.07) is 3.75. The lowest BCUT2D eigenvalue weighted by Crippen LogP contribution is -2.14. The van der Waals surface area contributed by atoms with Crippen LogP contribution in [-0.2, 0) is 13.2 Å². The lowest BCUT2D eigenvalue weighted by atomic mass is 10.0. The highest BCUT2D eigenvalue weighted by molar-refractivity contribution is 5.43. The molecule has 3 heteroatoms. The zero-order valence-corrected chi connectivity index (χ0v) is 9.38. The Hall–Kier alpha value is -1.06. The number of nitrogens with one attached hydrogen (secondary N) is 1. The Morgan fingerprint density at radius 1 is 1.27 bits per heavy atom. The van der Waals surface area contributed by atoms with Crippen LogP contribution in [0.3, 0.4) is 0 Å². The minimum Gasteiger partial charge on any atom is -0.507 e. The van der Waals surface area contributed by atoms with Crippen LogP contribution in [0.25, 0.3) is 0 Å². The third-order valence-corrected chi connectivity index (χ3v) is 2.32. The van der Waals surface area contributed by atoms with Crippen molar-refractivity contribution in [3.8, 4) is 5.75 Å². The van der Waals surface area contributed by atoms with Crippen LogP contribution in [-0.4, -0.2) is 16.8 Å². The van der Waals surface area contributed by atoms with Crippen molar-refractivity contribution in [2.45, 2.75) is 33.4 Å². The number of aryl methyl sites for hydroxylation is 1. The van der Waals surface area contributed by atoms with Crippen LogP contribution < -0.4 is 5.32 Å². The lowest BCUT2D eigenvalue weighted by Gasteiger charge is -2.10. The first-order chi connectivity index (χ1) is 7.19. The highest BCUT2D eigenvalue weighted by atomic mass is 16.3. The van der Waals surface area contributed by atoms with Crippen LogP contribution in [0.5, 0.6) is 5.75 Å². The van der Waals surface area contributed by atoms with E-state index in [1.165, 1.54) is 0 Å². The van der Waals surface area contributed by atoms with E-state index in [-0.39, 0.29) is 12.4 Å². The first kappa shape index (κ1) is 12.0. The summed E-state index contributed by atoms with van der Waals surface area (Å²) < 4.78 is 0. The van der Waals surface area contributed by atoms with Gasteiger partial charge in [0.1, 0.15) is 5.75 Å². The molecule has 1 rings (SSSR count). The molecule has 1 aromatic carbocycles. The normalized spacial score (nSPS) is 10.6. The summed E-state index contributed by atoms with van der Waals surface area (Å²) in [6.07, 6.45) is 1.07. The van der Waals surface area contributed by atoms with Gasteiger partial charge >= 0.3 is 0 Å². The Balaban J connectivity index is 2.81. The topological polar surface area (TPSA) is 52.5 Å². The third-order valence-electron chi connectivity index (χ3n) is 2.32. The molecule has 1 aromatic rings. The molecule has 0 spiro atoms. The quantitative estimate of drug-likeness (QED) is 0.647. The SMILES string of the molecule is CCCNCc1cc(C)cc(CO)c1O. The Labute approximate surface area is 90.8 Å². The van der Waals surface area contributed by atoms with Crippen LogP contribution in [0, 0.1) is 6.92 Å². The van der Waals surface area contributed by atoms with Crippen molar-refractivity contribution in [1.82, 2.24) is 5.32 Å². The van der Waals surface area contributed by atoms with E-state index < -0.39 is 0 Å². The molecule has 0 unspecified atom stereocenters. The number of phenols is 1. The fraction of sp³-hybridized carbons (Fsp3) is 0.500. The molecule has 0 atom stereocenters. The predicted octanol–water partition coefficient (Wildman–Crippen LogP) is 1.69. The van der Waals surface area contributed by atoms with Gasteiger partial charge in [-0.15, -0.1) is 0 Å². The van der Waals surface area contributed by atoms with Crippen LogP contribution in [0.2, 0.25) is 0 Å². The molecule has 0 amide bonds. The summed E-state index contributed by atoms with van der Waals surface area (Å²) in [6.45, 7) is 5.52. The number of rotatable bonds is 5. The first-order valence-electron chi connectivity index (χ1n) is 5.32. The molecule has 0 aliphatic rings. The van der Waals surface area contributed by atoms with Crippen LogP contribution in [0.4, 0.5) is 0 Å². The van der Waals surface area contributed by atoms with Gasteiger partial charge in [-0.3, -0.25) is 0 Å². The summed E-state index contributed by atoms with van der Waals surface area (Å²) in [7, 11) is 0. The second kappa shape index (κ2) is 5.73. The summed E-state index contributed by atoms with van der Waals surface area (Å²) in [4.78, 5) is 0. The summed E-state index contributed by atoms with van der Waals surface area (Å²) in [5, 5.41) is 22.1. The molecule has 3 nitrogen and oxygen atoms in total. The number of benzene rings is 1. The number of hydrogen-bond acceptors (Lipinski definition) is 3. The summed E-state index contributed by atoms with van der Waals surface area (Å²) >= 11 is 0. The number of hydrogen-bond donors (Lipinski definition) is 3. The molecule has 0 radical (unpaired) electrons. The van der Waals surface area contributed by atoms with Gasteiger partial charge in [-0.25, -0.2) is 0 Å². The van der Waals surface area contributed by atoms with E-state index in [1.54, 1.807) is 6.07 Å². The second-order valence-corrected chi connectivity index (χ2v) is 3.77. The zero-order chi connectivity index (χ0) is 11.3. The van der Waals surface area contributed by atoms with Gasteiger partial charge in [-0.2, -0.15) is 0 Å². The van der Waals surface area contributed by atoms with Gasteiger partial charge in [-0.1, -0.05) is 24.6 Å². The van der Waals surface area contributed by atoms with Gasteiger partial charge in [0.25, 0.3) is 0 Å². The Bertz CT molecular complexity index is 324. The van der Waals surface area contributed by atoms with E-state index in [0.29, 0.717) is 12.1 Å². The molecule has 0 fully saturated rings. The molecule has 0 aliphatic carbocycles. The van der Waals surface area contributed by atoms with E-state index in [1.807, 2.05) is 13.0 Å². The highest BCUT2D eigenvalue weighted by Gasteiger charge is 2.07. The fourth-order valence-electron chi connectivity index (χ4n) is 1.59. The van der Waals surface area contributed by atoms with Gasteiger partial charge in [0.05, 0.1) is 6.61 Å². The fourth-order valence-corrected chi connectivity index (χ4v) is 1.59. The van der Waals surface area contributed by atoms with Gasteiger partial charge in [0.15, 0.2) is 0 Å². The number of aromatic hydroxyl groups is 1. The molecular weight excluding hydrogens is 190 g/mol. The molecular formula is C12H19NO2. The average molecular weight is 209 g/mol. The van der Waals surface area contributed by atoms with Crippen molar-refractivity contribution in [3.05, 3.63) is 28.8 Å².